The summed E-state index contributed by atoms with van der Waals surface area (Å²) in [4.78, 5) is 0. The Kier molecular flexibility index (Phi) is 3.51. The maximum atomic E-state index is 5.25. The summed E-state index contributed by atoms with van der Waals surface area (Å²) in [5.41, 5.74) is 3.21. The minimum atomic E-state index is 0.428. The molecule has 1 aliphatic rings. The van der Waals surface area contributed by atoms with Crippen molar-refractivity contribution in [1.82, 2.24) is 25.1 Å². The van der Waals surface area contributed by atoms with E-state index in [2.05, 4.69) is 25.5 Å². The van der Waals surface area contributed by atoms with Crippen LogP contribution in [0.2, 0.25) is 0 Å². The minimum absolute atomic E-state index is 0.428. The zero-order chi connectivity index (χ0) is 15.6. The predicted octanol–water partition coefficient (Wildman–Crippen LogP) is 2.96. The number of furan rings is 1. The molecule has 0 radical (unpaired) electrons. The zero-order valence-corrected chi connectivity index (χ0v) is 13.0. The van der Waals surface area contributed by atoms with E-state index in [0.717, 1.165) is 30.7 Å². The van der Waals surface area contributed by atoms with Crippen LogP contribution < -0.4 is 0 Å². The van der Waals surface area contributed by atoms with E-state index in [4.69, 9.17) is 16.6 Å². The lowest BCUT2D eigenvalue weighted by Crippen LogP contribution is -1.96. The van der Waals surface area contributed by atoms with Crippen molar-refractivity contribution in [2.75, 3.05) is 0 Å². The highest BCUT2D eigenvalue weighted by Gasteiger charge is 2.22. The molecular weight excluding hydrogens is 312 g/mol. The molecule has 0 atom stereocenters. The Morgan fingerprint density at radius 3 is 3.13 bits per heavy atom. The maximum Gasteiger partial charge on any atom is 0.216 e. The quantitative estimate of drug-likeness (QED) is 0.570. The van der Waals surface area contributed by atoms with Crippen LogP contribution in [0.1, 0.15) is 23.4 Å². The first-order valence-corrected chi connectivity index (χ1v) is 7.72. The molecule has 3 aromatic heterocycles. The number of aryl methyl sites for hydroxylation is 1. The molecule has 2 N–H and O–H groups in total. The molecular formula is C15H14N6OS. The summed E-state index contributed by atoms with van der Waals surface area (Å²) >= 11 is 5.25. The number of nitrogens with one attached hydrogen (secondary N) is 2. The van der Waals surface area contributed by atoms with Gasteiger partial charge in [-0.15, -0.1) is 0 Å². The topological polar surface area (TPSA) is 87.8 Å². The number of nitrogens with zero attached hydrogens (tertiary/aromatic N) is 4. The van der Waals surface area contributed by atoms with Crippen LogP contribution in [0, 0.1) is 4.77 Å². The lowest BCUT2D eigenvalue weighted by molar-refractivity contribution is 0.557. The third-order valence-electron chi connectivity index (χ3n) is 3.74. The fourth-order valence-corrected chi connectivity index (χ4v) is 2.86. The highest BCUT2D eigenvalue weighted by molar-refractivity contribution is 7.71. The van der Waals surface area contributed by atoms with Crippen LogP contribution in [0.25, 0.3) is 17.6 Å². The predicted molar refractivity (Wildman–Crippen MR) is 88.7 cm³/mol. The number of fused-ring (bicyclic) bond motifs is 1. The zero-order valence-electron chi connectivity index (χ0n) is 12.2. The molecule has 0 saturated heterocycles. The summed E-state index contributed by atoms with van der Waals surface area (Å²) in [6.07, 6.45) is 10.0. The van der Waals surface area contributed by atoms with E-state index in [1.165, 1.54) is 11.3 Å². The Morgan fingerprint density at radius 1 is 1.30 bits per heavy atom. The Balaban J connectivity index is 1.64. The van der Waals surface area contributed by atoms with Crippen molar-refractivity contribution in [1.29, 1.82) is 0 Å². The molecule has 1 aliphatic carbocycles. The van der Waals surface area contributed by atoms with Gasteiger partial charge in [0.25, 0.3) is 0 Å². The molecule has 0 amide bonds. The van der Waals surface area contributed by atoms with Gasteiger partial charge in [0.1, 0.15) is 11.5 Å². The molecule has 7 nitrogen and oxygen atoms in total. The smallest absolute Gasteiger partial charge is 0.216 e. The minimum Gasteiger partial charge on any atom is -0.465 e. The first kappa shape index (κ1) is 13.9. The Morgan fingerprint density at radius 2 is 2.26 bits per heavy atom. The van der Waals surface area contributed by atoms with Crippen LogP contribution in [-0.4, -0.2) is 31.3 Å². The number of rotatable bonds is 4. The van der Waals surface area contributed by atoms with Crippen molar-refractivity contribution in [3.8, 4) is 11.5 Å². The van der Waals surface area contributed by atoms with Gasteiger partial charge in [-0.1, -0.05) is 0 Å². The molecule has 8 heteroatoms. The lowest BCUT2D eigenvalue weighted by Gasteiger charge is -1.98. The van der Waals surface area contributed by atoms with Gasteiger partial charge < -0.3 is 4.42 Å². The molecule has 3 aromatic rings. The van der Waals surface area contributed by atoms with Gasteiger partial charge in [0.15, 0.2) is 0 Å². The molecule has 0 aromatic carbocycles. The van der Waals surface area contributed by atoms with Gasteiger partial charge >= 0.3 is 0 Å². The van der Waals surface area contributed by atoms with Crippen molar-refractivity contribution in [3.05, 3.63) is 46.3 Å². The Bertz CT molecular complexity index is 928. The molecule has 0 aliphatic heterocycles. The molecule has 0 spiro atoms. The summed E-state index contributed by atoms with van der Waals surface area (Å²) in [6, 6.07) is 3.70. The number of hydrogen-bond acceptors (Lipinski definition) is 5. The number of allylic oxidation sites excluding steroid dienone is 1. The van der Waals surface area contributed by atoms with E-state index in [-0.39, 0.29) is 0 Å². The van der Waals surface area contributed by atoms with Crippen LogP contribution >= 0.6 is 12.2 Å². The van der Waals surface area contributed by atoms with Crippen molar-refractivity contribution in [3.63, 3.8) is 0 Å². The van der Waals surface area contributed by atoms with Gasteiger partial charge in [0, 0.05) is 17.5 Å². The van der Waals surface area contributed by atoms with Crippen molar-refractivity contribution < 1.29 is 4.42 Å². The highest BCUT2D eigenvalue weighted by Crippen LogP contribution is 2.29. The molecule has 0 saturated carbocycles. The van der Waals surface area contributed by atoms with Crippen LogP contribution in [0.5, 0.6) is 0 Å². The van der Waals surface area contributed by atoms with E-state index in [0.29, 0.717) is 10.6 Å². The van der Waals surface area contributed by atoms with E-state index in [1.54, 1.807) is 23.2 Å². The number of H-pyrrole nitrogens is 2. The Labute approximate surface area is 136 Å². The summed E-state index contributed by atoms with van der Waals surface area (Å²) in [7, 11) is 0. The molecule has 23 heavy (non-hydrogen) atoms. The van der Waals surface area contributed by atoms with Gasteiger partial charge in [-0.05, 0) is 55.8 Å². The van der Waals surface area contributed by atoms with Crippen LogP contribution in [0.15, 0.2) is 34.0 Å². The van der Waals surface area contributed by atoms with Gasteiger partial charge in [0.2, 0.25) is 10.6 Å². The van der Waals surface area contributed by atoms with Crippen molar-refractivity contribution >= 4 is 24.5 Å². The number of hydrogen-bond donors (Lipinski definition) is 2. The van der Waals surface area contributed by atoms with Crippen molar-refractivity contribution in [2.45, 2.75) is 19.3 Å². The van der Waals surface area contributed by atoms with E-state index < -0.39 is 0 Å². The summed E-state index contributed by atoms with van der Waals surface area (Å²) in [5.74, 6) is 1.38. The van der Waals surface area contributed by atoms with E-state index in [1.807, 2.05) is 18.2 Å². The van der Waals surface area contributed by atoms with Crippen molar-refractivity contribution in [2.24, 2.45) is 5.10 Å². The van der Waals surface area contributed by atoms with Gasteiger partial charge in [-0.3, -0.25) is 5.10 Å². The number of aromatic amines is 2. The first-order valence-electron chi connectivity index (χ1n) is 7.31. The Hall–Kier alpha value is -2.74. The van der Waals surface area contributed by atoms with Gasteiger partial charge in [-0.25, -0.2) is 5.10 Å². The molecule has 0 fully saturated rings. The molecule has 4 rings (SSSR count). The average molecular weight is 326 g/mol. The lowest BCUT2D eigenvalue weighted by atomic mass is 10.2. The molecule has 116 valence electrons. The fraction of sp³-hybridized carbons (Fsp3) is 0.200. The third-order valence-corrected chi connectivity index (χ3v) is 4.00. The number of aromatic nitrogens is 5. The molecule has 0 unspecified atom stereocenters. The molecule has 3 heterocycles. The second-order valence-electron chi connectivity index (χ2n) is 5.19. The summed E-state index contributed by atoms with van der Waals surface area (Å²) < 4.78 is 7.23. The molecule has 0 bridgehead atoms. The van der Waals surface area contributed by atoms with E-state index >= 15 is 0 Å². The average Bonchev–Trinajstić information content (AvgIpc) is 3.29. The summed E-state index contributed by atoms with van der Waals surface area (Å²) in [6.45, 7) is 0. The van der Waals surface area contributed by atoms with Crippen LogP contribution in [-0.2, 0) is 12.8 Å². The van der Waals surface area contributed by atoms with Gasteiger partial charge in [0.05, 0.1) is 6.26 Å². The fourth-order valence-electron chi connectivity index (χ4n) is 2.69. The second-order valence-corrected chi connectivity index (χ2v) is 5.57. The van der Waals surface area contributed by atoms with Crippen LogP contribution in [0.4, 0.5) is 0 Å². The SMILES string of the molecule is S=c1[nH]nc(-c2n[nH]c3c2CCC3)n1/N=C\C=C\c1ccco1. The second kappa shape index (κ2) is 5.81. The first-order chi connectivity index (χ1) is 11.3. The largest absolute Gasteiger partial charge is 0.465 e. The maximum absolute atomic E-state index is 5.25. The van der Waals surface area contributed by atoms with Crippen LogP contribution in [0.3, 0.4) is 0 Å². The normalized spacial score (nSPS) is 14.3. The monoisotopic (exact) mass is 326 g/mol. The summed E-state index contributed by atoms with van der Waals surface area (Å²) in [5, 5.41) is 18.9. The third kappa shape index (κ3) is 2.57. The van der Waals surface area contributed by atoms with E-state index in [9.17, 15) is 0 Å². The highest BCUT2D eigenvalue weighted by atomic mass is 32.1. The van der Waals surface area contributed by atoms with Gasteiger partial charge in [-0.2, -0.15) is 20.0 Å². The standard InChI is InChI=1S/C15H14N6OS/c23-15-20-19-14(13-11-6-1-7-12(11)17-18-13)21(15)16-8-2-4-10-5-3-9-22-10/h2-5,8-9H,1,6-7H2,(H,17,18)(H,20,23)/b4-2+,16-8-.